The summed E-state index contributed by atoms with van der Waals surface area (Å²) in [5, 5.41) is 0. The maximum absolute atomic E-state index is 4.44. The second kappa shape index (κ2) is 53.6. The highest BCUT2D eigenvalue weighted by molar-refractivity contribution is 5.07. The summed E-state index contributed by atoms with van der Waals surface area (Å²) >= 11 is 0. The van der Waals surface area contributed by atoms with Gasteiger partial charge in [-0.2, -0.15) is 0 Å². The highest BCUT2D eigenvalue weighted by Crippen LogP contribution is 2.63. The molecule has 92 heavy (non-hydrogen) atoms. The lowest BCUT2D eigenvalue weighted by Gasteiger charge is -2.59. The highest BCUT2D eigenvalue weighted by Gasteiger charge is 2.55. The molecule has 0 radical (unpaired) electrons. The Labute approximate surface area is 586 Å². The van der Waals surface area contributed by atoms with Crippen molar-refractivity contribution in [3.05, 3.63) is 12.2 Å². The summed E-state index contributed by atoms with van der Waals surface area (Å²) in [6, 6.07) is 0. The van der Waals surface area contributed by atoms with Gasteiger partial charge in [-0.15, -0.1) is 0 Å². The molecule has 550 valence electrons. The van der Waals surface area contributed by atoms with Gasteiger partial charge in [-0.3, -0.25) is 0 Å². The lowest BCUT2D eigenvalue weighted by Crippen LogP contribution is -2.53. The van der Waals surface area contributed by atoms with Crippen LogP contribution in [-0.4, -0.2) is 0 Å². The Morgan fingerprint density at radius 1 is 0.424 bits per heavy atom. The minimum Gasteiger partial charge on any atom is -0.0996 e. The smallest absolute Gasteiger partial charge is 0.0175 e. The summed E-state index contributed by atoms with van der Waals surface area (Å²) < 4.78 is 0. The van der Waals surface area contributed by atoms with Crippen LogP contribution in [0.3, 0.4) is 0 Å². The molecule has 0 aromatic heterocycles. The average molecular weight is 1290 g/mol. The molecule has 0 saturated heterocycles. The molecule has 10 aliphatic rings. The van der Waals surface area contributed by atoms with Gasteiger partial charge in [-0.1, -0.05) is 364 Å². The van der Waals surface area contributed by atoms with Crippen LogP contribution in [0.25, 0.3) is 0 Å². The Hall–Kier alpha value is -0.260. The quantitative estimate of drug-likeness (QED) is 0.0893. The molecular weight excluding hydrogens is 1110 g/mol. The molecule has 15 unspecified atom stereocenters. The Kier molecular flexibility index (Phi) is 52.3. The van der Waals surface area contributed by atoms with Gasteiger partial charge in [0.1, 0.15) is 0 Å². The summed E-state index contributed by atoms with van der Waals surface area (Å²) in [5.41, 5.74) is 2.30. The summed E-state index contributed by atoms with van der Waals surface area (Å²) in [4.78, 5) is 0. The van der Waals surface area contributed by atoms with Crippen LogP contribution >= 0.6 is 0 Å². The third-order valence-electron chi connectivity index (χ3n) is 27.7. The van der Waals surface area contributed by atoms with Gasteiger partial charge in [-0.25, -0.2) is 0 Å². The molecule has 0 nitrogen and oxygen atoms in total. The van der Waals surface area contributed by atoms with Gasteiger partial charge < -0.3 is 0 Å². The van der Waals surface area contributed by atoms with Crippen molar-refractivity contribution in [1.29, 1.82) is 0 Å². The minimum atomic E-state index is 0. The number of rotatable bonds is 19. The van der Waals surface area contributed by atoms with Gasteiger partial charge in [0.15, 0.2) is 0 Å². The van der Waals surface area contributed by atoms with E-state index in [0.717, 1.165) is 124 Å². The van der Waals surface area contributed by atoms with Crippen LogP contribution < -0.4 is 0 Å². The van der Waals surface area contributed by atoms with E-state index in [4.69, 9.17) is 0 Å². The van der Waals surface area contributed by atoms with E-state index in [1.54, 1.807) is 147 Å². The van der Waals surface area contributed by atoms with Gasteiger partial charge in [0.25, 0.3) is 0 Å². The number of hydrogen-bond donors (Lipinski definition) is 0. The van der Waals surface area contributed by atoms with Crippen molar-refractivity contribution in [3.8, 4) is 0 Å². The van der Waals surface area contributed by atoms with Gasteiger partial charge in [0.2, 0.25) is 0 Å². The van der Waals surface area contributed by atoms with E-state index in [2.05, 4.69) is 89.7 Å². The molecule has 0 N–H and O–H groups in total. The average Bonchev–Trinajstić information content (AvgIpc) is 1.01. The monoisotopic (exact) mass is 1290 g/mol. The van der Waals surface area contributed by atoms with Gasteiger partial charge in [0, 0.05) is 0 Å². The van der Waals surface area contributed by atoms with E-state index in [0.29, 0.717) is 0 Å². The van der Waals surface area contributed by atoms with Crippen molar-refractivity contribution in [1.82, 2.24) is 0 Å². The molecule has 0 heterocycles. The Morgan fingerprint density at radius 2 is 0.880 bits per heavy atom. The molecular formula is C92H182. The molecule has 10 fully saturated rings. The zero-order valence-corrected chi connectivity index (χ0v) is 67.2. The Balaban J connectivity index is 0.000000605. The van der Waals surface area contributed by atoms with Crippen molar-refractivity contribution < 1.29 is 0 Å². The third-order valence-corrected chi connectivity index (χ3v) is 27.7. The molecule has 0 aromatic rings. The van der Waals surface area contributed by atoms with E-state index in [9.17, 15) is 0 Å². The van der Waals surface area contributed by atoms with Gasteiger partial charge in [-0.05, 0) is 227 Å². The second-order valence-corrected chi connectivity index (χ2v) is 33.4. The Morgan fingerprint density at radius 3 is 1.36 bits per heavy atom. The molecule has 0 aromatic carbocycles. The zero-order valence-electron chi connectivity index (χ0n) is 67.2. The molecule has 0 heteroatoms. The zero-order chi connectivity index (χ0) is 67.6. The van der Waals surface area contributed by atoms with Gasteiger partial charge >= 0.3 is 0 Å². The van der Waals surface area contributed by atoms with Crippen molar-refractivity contribution in [2.24, 2.45) is 124 Å². The molecule has 10 rings (SSSR count). The highest BCUT2D eigenvalue weighted by atomic mass is 14.6. The van der Waals surface area contributed by atoms with E-state index < -0.39 is 0 Å². The van der Waals surface area contributed by atoms with Crippen molar-refractivity contribution in [3.63, 3.8) is 0 Å². The fraction of sp³-hybridized carbons (Fsp3) is 0.978. The first-order valence-electron chi connectivity index (χ1n) is 44.0. The van der Waals surface area contributed by atoms with Crippen LogP contribution in [-0.2, 0) is 0 Å². The minimum absolute atomic E-state index is 0. The molecule has 0 aliphatic heterocycles. The SMILES string of the molecule is C.C=C1CCCCC1C(CCCCC)C(C)CCC(C)CC.CC.CC.CC.CC.CC1CCC(C2C3CCCCC3C(C3CCCC3)C3CCCCC32)CC1.CCC.CCC1CCCCC1.CCCCCCC12CCCC(C)C(C3CCC(C)C3)C(CCC1)C2C. The summed E-state index contributed by atoms with van der Waals surface area (Å²) in [6.07, 6.45) is 72.1. The number of allylic oxidation sites excluding steroid dienone is 1. The topological polar surface area (TPSA) is 0 Å². The van der Waals surface area contributed by atoms with Crippen LogP contribution in [0.1, 0.15) is 454 Å². The van der Waals surface area contributed by atoms with Crippen LogP contribution in [0.4, 0.5) is 0 Å². The molecule has 2 bridgehead atoms. The molecule has 10 aliphatic carbocycles. The normalized spacial score (nSPS) is 34.4. The van der Waals surface area contributed by atoms with E-state index in [1.165, 1.54) is 167 Å². The first kappa shape index (κ1) is 89.8. The maximum Gasteiger partial charge on any atom is -0.0175 e. The van der Waals surface area contributed by atoms with Crippen molar-refractivity contribution in [2.45, 2.75) is 454 Å². The number of unbranched alkanes of at least 4 members (excludes halogenated alkanes) is 5. The van der Waals surface area contributed by atoms with Crippen LogP contribution in [0.5, 0.6) is 0 Å². The second-order valence-electron chi connectivity index (χ2n) is 33.4. The first-order chi connectivity index (χ1) is 44.3. The summed E-state index contributed by atoms with van der Waals surface area (Å²) in [7, 11) is 0. The van der Waals surface area contributed by atoms with E-state index in [1.807, 2.05) is 55.4 Å². The fourth-order valence-corrected chi connectivity index (χ4v) is 22.7. The first-order valence-corrected chi connectivity index (χ1v) is 44.0. The molecule has 0 amide bonds. The largest absolute Gasteiger partial charge is 0.0996 e. The standard InChI is InChI=1S/C26H44.C25H46.C21H40.C8H16.C3H8.4C2H6.CH4/c1-18-14-16-20(17-15-18)26-23-12-6-4-10-21(23)25(19-8-2-3-9-19)22-11-5-7-13-24(22)26;1-5-6-7-8-15-25-16-9-11-20(3)24(22-14-13-19(2)18-22)23(21(25)4)12-10-17-25;1-6-8-9-13-21(19(5)16-15-17(3)7-2)20-14-11-10-12-18(20)4;1-2-8-6-4-3-5-7-8;1-3-2;4*1-2;/h18-26H,2-17H2,1H3;19-24H,5-18H2,1-4H3;17,19-21H,4,6-16H2,1-3,5H3;8H,2-7H2,1H3;3H2,1-2H3;4*1-2H3;1H4. The molecule has 15 atom stereocenters. The number of hydrogen-bond acceptors (Lipinski definition) is 0. The van der Waals surface area contributed by atoms with E-state index >= 15 is 0 Å². The van der Waals surface area contributed by atoms with Gasteiger partial charge in [0.05, 0.1) is 0 Å². The maximum atomic E-state index is 4.44. The predicted octanol–water partition coefficient (Wildman–Crippen LogP) is 32.6. The third kappa shape index (κ3) is 29.1. The summed E-state index contributed by atoms with van der Waals surface area (Å²) in [5.74, 6) is 20.9. The Bertz CT molecular complexity index is 1610. The number of fused-ring (bicyclic) bond motifs is 4. The molecule has 10 saturated carbocycles. The lowest BCUT2D eigenvalue weighted by atomic mass is 9.46. The van der Waals surface area contributed by atoms with Crippen LogP contribution in [0.2, 0.25) is 0 Å². The van der Waals surface area contributed by atoms with Crippen LogP contribution in [0.15, 0.2) is 12.2 Å². The van der Waals surface area contributed by atoms with Crippen LogP contribution in [0, 0.1) is 124 Å². The van der Waals surface area contributed by atoms with Crippen molar-refractivity contribution >= 4 is 0 Å². The summed E-state index contributed by atoms with van der Waals surface area (Å²) in [6.45, 7) is 49.3. The van der Waals surface area contributed by atoms with Crippen molar-refractivity contribution in [2.75, 3.05) is 0 Å². The predicted molar refractivity (Wildman–Crippen MR) is 423 cm³/mol. The molecule has 0 spiro atoms. The lowest BCUT2D eigenvalue weighted by molar-refractivity contribution is -0.108. The fourth-order valence-electron chi connectivity index (χ4n) is 22.7. The van der Waals surface area contributed by atoms with E-state index in [-0.39, 0.29) is 7.43 Å².